The number of aromatic nitrogens is 2. The molecule has 2 aliphatic heterocycles. The number of carbonyl (C=O) groups is 1. The van der Waals surface area contributed by atoms with Crippen molar-refractivity contribution in [1.82, 2.24) is 14.9 Å². The van der Waals surface area contributed by atoms with Gasteiger partial charge < -0.3 is 19.5 Å². The van der Waals surface area contributed by atoms with Gasteiger partial charge >= 0.3 is 12.1 Å². The van der Waals surface area contributed by atoms with E-state index in [1.165, 1.54) is 7.11 Å². The first-order chi connectivity index (χ1) is 11.2. The standard InChI is InChI=1S/C17H25N3O4/c1-16(2,3)24-15(21)20-12-5-6-13(20)8-17(22,7-12)11-9-18-14(23-4)19-10-11/h9-10,12-13,22H,5-8H2,1-4H3. The number of methoxy groups -OCH3 is 1. The molecule has 1 aromatic heterocycles. The number of hydrogen-bond acceptors (Lipinski definition) is 6. The minimum Gasteiger partial charge on any atom is -0.467 e. The Kier molecular flexibility index (Phi) is 4.15. The van der Waals surface area contributed by atoms with Gasteiger partial charge in [0.1, 0.15) is 5.60 Å². The molecule has 3 rings (SSSR count). The quantitative estimate of drug-likeness (QED) is 0.892. The first-order valence-electron chi connectivity index (χ1n) is 8.32. The Labute approximate surface area is 142 Å². The first-order valence-corrected chi connectivity index (χ1v) is 8.32. The normalized spacial score (nSPS) is 29.5. The van der Waals surface area contributed by atoms with Crippen LogP contribution in [0.15, 0.2) is 12.4 Å². The molecule has 0 aliphatic carbocycles. The van der Waals surface area contributed by atoms with Crippen LogP contribution in [0.4, 0.5) is 4.79 Å². The highest BCUT2D eigenvalue weighted by Crippen LogP contribution is 2.46. The van der Waals surface area contributed by atoms with Crippen molar-refractivity contribution in [3.8, 4) is 6.01 Å². The molecule has 0 saturated carbocycles. The predicted molar refractivity (Wildman–Crippen MR) is 86.6 cm³/mol. The molecule has 2 unspecified atom stereocenters. The highest BCUT2D eigenvalue weighted by molar-refractivity contribution is 5.69. The zero-order valence-electron chi connectivity index (χ0n) is 14.7. The molecule has 1 amide bonds. The third kappa shape index (κ3) is 3.17. The Hall–Kier alpha value is -1.89. The van der Waals surface area contributed by atoms with Gasteiger partial charge in [-0.1, -0.05) is 0 Å². The Balaban J connectivity index is 1.77. The lowest BCUT2D eigenvalue weighted by molar-refractivity contribution is -0.0627. The minimum absolute atomic E-state index is 0.0225. The van der Waals surface area contributed by atoms with Crippen molar-refractivity contribution in [2.24, 2.45) is 0 Å². The van der Waals surface area contributed by atoms with Gasteiger partial charge in [0, 0.05) is 42.9 Å². The molecule has 3 heterocycles. The largest absolute Gasteiger partial charge is 0.467 e. The molecule has 2 fully saturated rings. The number of ether oxygens (including phenoxy) is 2. The molecule has 1 N–H and O–H groups in total. The van der Waals surface area contributed by atoms with Crippen LogP contribution >= 0.6 is 0 Å². The van der Waals surface area contributed by atoms with Crippen molar-refractivity contribution in [2.45, 2.75) is 69.7 Å². The van der Waals surface area contributed by atoms with Crippen molar-refractivity contribution < 1.29 is 19.4 Å². The zero-order valence-corrected chi connectivity index (χ0v) is 14.7. The SMILES string of the molecule is COc1ncc(C2(O)CC3CCC(C2)N3C(=O)OC(C)(C)C)cn1. The van der Waals surface area contributed by atoms with Crippen LogP contribution in [0, 0.1) is 0 Å². The monoisotopic (exact) mass is 335 g/mol. The number of hydrogen-bond donors (Lipinski definition) is 1. The maximum Gasteiger partial charge on any atom is 0.410 e. The van der Waals surface area contributed by atoms with Crippen LogP contribution in [0.25, 0.3) is 0 Å². The van der Waals surface area contributed by atoms with Crippen LogP contribution in [0.2, 0.25) is 0 Å². The van der Waals surface area contributed by atoms with Crippen LogP contribution in [-0.4, -0.2) is 50.9 Å². The summed E-state index contributed by atoms with van der Waals surface area (Å²) < 4.78 is 10.5. The molecule has 0 aromatic carbocycles. The molecule has 7 nitrogen and oxygen atoms in total. The Bertz CT molecular complexity index is 597. The average Bonchev–Trinajstić information content (AvgIpc) is 2.79. The number of fused-ring (bicyclic) bond motifs is 2. The summed E-state index contributed by atoms with van der Waals surface area (Å²) in [6, 6.07) is 0.230. The van der Waals surface area contributed by atoms with Crippen LogP contribution in [-0.2, 0) is 10.3 Å². The topological polar surface area (TPSA) is 84.8 Å². The van der Waals surface area contributed by atoms with Crippen molar-refractivity contribution in [3.05, 3.63) is 18.0 Å². The number of rotatable bonds is 2. The molecule has 0 spiro atoms. The fraction of sp³-hybridized carbons (Fsp3) is 0.706. The summed E-state index contributed by atoms with van der Waals surface area (Å²) in [5, 5.41) is 11.1. The van der Waals surface area contributed by atoms with Gasteiger partial charge in [0.15, 0.2) is 0 Å². The second-order valence-corrected chi connectivity index (χ2v) is 7.67. The van der Waals surface area contributed by atoms with Crippen molar-refractivity contribution in [2.75, 3.05) is 7.11 Å². The van der Waals surface area contributed by atoms with Gasteiger partial charge in [-0.2, -0.15) is 0 Å². The van der Waals surface area contributed by atoms with Crippen LogP contribution in [0.5, 0.6) is 6.01 Å². The third-order valence-corrected chi connectivity index (χ3v) is 4.72. The van der Waals surface area contributed by atoms with Crippen molar-refractivity contribution in [3.63, 3.8) is 0 Å². The number of carbonyl (C=O) groups excluding carboxylic acids is 1. The Morgan fingerprint density at radius 1 is 1.25 bits per heavy atom. The number of amides is 1. The summed E-state index contributed by atoms with van der Waals surface area (Å²) in [4.78, 5) is 22.5. The lowest BCUT2D eigenvalue weighted by atomic mass is 9.82. The van der Waals surface area contributed by atoms with Gasteiger partial charge in [0.25, 0.3) is 0 Å². The van der Waals surface area contributed by atoms with E-state index in [-0.39, 0.29) is 24.2 Å². The van der Waals surface area contributed by atoms with Crippen molar-refractivity contribution in [1.29, 1.82) is 0 Å². The molecule has 0 radical (unpaired) electrons. The van der Waals surface area contributed by atoms with Crippen LogP contribution in [0.3, 0.4) is 0 Å². The summed E-state index contributed by atoms with van der Waals surface area (Å²) in [5.74, 6) is 0. The van der Waals surface area contributed by atoms with E-state index >= 15 is 0 Å². The van der Waals surface area contributed by atoms with Gasteiger partial charge in [-0.05, 0) is 33.6 Å². The Morgan fingerprint density at radius 3 is 2.25 bits per heavy atom. The van der Waals surface area contributed by atoms with E-state index in [1.54, 1.807) is 12.4 Å². The molecule has 2 bridgehead atoms. The van der Waals surface area contributed by atoms with Gasteiger partial charge in [0.2, 0.25) is 0 Å². The zero-order chi connectivity index (χ0) is 17.5. The number of aliphatic hydroxyl groups is 1. The minimum atomic E-state index is -1.02. The molecule has 2 saturated heterocycles. The smallest absolute Gasteiger partial charge is 0.410 e. The van der Waals surface area contributed by atoms with Crippen molar-refractivity contribution >= 4 is 6.09 Å². The fourth-order valence-electron chi connectivity index (χ4n) is 3.74. The molecular weight excluding hydrogens is 310 g/mol. The average molecular weight is 335 g/mol. The van der Waals surface area contributed by atoms with Gasteiger partial charge in [-0.25, -0.2) is 14.8 Å². The second kappa shape index (κ2) is 5.88. The third-order valence-electron chi connectivity index (χ3n) is 4.72. The predicted octanol–water partition coefficient (Wildman–Crippen LogP) is 2.23. The maximum absolute atomic E-state index is 12.5. The van der Waals surface area contributed by atoms with Gasteiger partial charge in [-0.3, -0.25) is 0 Å². The lowest BCUT2D eigenvalue weighted by Crippen LogP contribution is -2.53. The second-order valence-electron chi connectivity index (χ2n) is 7.67. The van der Waals surface area contributed by atoms with E-state index in [4.69, 9.17) is 9.47 Å². The maximum atomic E-state index is 12.5. The molecule has 1 aromatic rings. The van der Waals surface area contributed by atoms with Gasteiger partial charge in [0.05, 0.1) is 12.7 Å². The molecule has 132 valence electrons. The van der Waals surface area contributed by atoms with Gasteiger partial charge in [-0.15, -0.1) is 0 Å². The Morgan fingerprint density at radius 2 is 1.79 bits per heavy atom. The molecule has 2 atom stereocenters. The molecular formula is C17H25N3O4. The highest BCUT2D eigenvalue weighted by Gasteiger charge is 2.51. The van der Waals surface area contributed by atoms with E-state index in [9.17, 15) is 9.90 Å². The van der Waals surface area contributed by atoms with E-state index in [0.29, 0.717) is 18.4 Å². The molecule has 24 heavy (non-hydrogen) atoms. The van der Waals surface area contributed by atoms with Crippen LogP contribution < -0.4 is 4.74 Å². The van der Waals surface area contributed by atoms with E-state index in [2.05, 4.69) is 9.97 Å². The first kappa shape index (κ1) is 17.0. The highest BCUT2D eigenvalue weighted by atomic mass is 16.6. The van der Waals surface area contributed by atoms with Crippen LogP contribution in [0.1, 0.15) is 52.0 Å². The summed E-state index contributed by atoms with van der Waals surface area (Å²) in [6.07, 6.45) is 5.62. The lowest BCUT2D eigenvalue weighted by Gasteiger charge is -2.43. The molecule has 7 heteroatoms. The van der Waals surface area contributed by atoms with E-state index in [0.717, 1.165) is 12.8 Å². The molecule has 2 aliphatic rings. The summed E-state index contributed by atoms with van der Waals surface area (Å²) in [6.45, 7) is 5.59. The fourth-order valence-corrected chi connectivity index (χ4v) is 3.74. The van der Waals surface area contributed by atoms with E-state index < -0.39 is 11.2 Å². The number of piperidine rings is 1. The van der Waals surface area contributed by atoms with E-state index in [1.807, 2.05) is 25.7 Å². The number of nitrogens with zero attached hydrogens (tertiary/aromatic N) is 3. The summed E-state index contributed by atoms with van der Waals surface area (Å²) >= 11 is 0. The summed E-state index contributed by atoms with van der Waals surface area (Å²) in [7, 11) is 1.50. The summed E-state index contributed by atoms with van der Waals surface area (Å²) in [5.41, 5.74) is -0.867.